The monoisotopic (exact) mass is 272 g/mol. The standard InChI is InChI=1S/C15H16N2O3/c1-20-14-9-11(10-18)7-8-13(14)17-15(19)16-12-5-3-2-4-6-12/h2-9,18H,10H2,1H3,(H2,16,17,19). The minimum Gasteiger partial charge on any atom is -0.495 e. The predicted molar refractivity (Wildman–Crippen MR) is 78.0 cm³/mol. The summed E-state index contributed by atoms with van der Waals surface area (Å²) in [6.45, 7) is -0.0765. The maximum atomic E-state index is 11.9. The number of hydrogen-bond acceptors (Lipinski definition) is 3. The summed E-state index contributed by atoms with van der Waals surface area (Å²) in [5.41, 5.74) is 1.96. The van der Waals surface area contributed by atoms with E-state index in [9.17, 15) is 4.79 Å². The van der Waals surface area contributed by atoms with Crippen molar-refractivity contribution in [2.45, 2.75) is 6.61 Å². The van der Waals surface area contributed by atoms with Gasteiger partial charge in [0.15, 0.2) is 0 Å². The van der Waals surface area contributed by atoms with E-state index < -0.39 is 0 Å². The lowest BCUT2D eigenvalue weighted by Crippen LogP contribution is -2.19. The normalized spacial score (nSPS) is 9.90. The number of urea groups is 1. The molecule has 5 nitrogen and oxygen atoms in total. The molecule has 0 spiro atoms. The number of ether oxygens (including phenoxy) is 1. The summed E-state index contributed by atoms with van der Waals surface area (Å²) in [5.74, 6) is 0.500. The summed E-state index contributed by atoms with van der Waals surface area (Å²) in [7, 11) is 1.51. The molecule has 0 atom stereocenters. The van der Waals surface area contributed by atoms with Crippen molar-refractivity contribution in [3.8, 4) is 5.75 Å². The zero-order chi connectivity index (χ0) is 14.4. The molecule has 0 heterocycles. The fourth-order valence-corrected chi connectivity index (χ4v) is 1.74. The highest BCUT2D eigenvalue weighted by molar-refractivity contribution is 6.00. The van der Waals surface area contributed by atoms with Crippen molar-refractivity contribution in [1.82, 2.24) is 0 Å². The summed E-state index contributed by atoms with van der Waals surface area (Å²) >= 11 is 0. The average molecular weight is 272 g/mol. The summed E-state index contributed by atoms with van der Waals surface area (Å²) in [6.07, 6.45) is 0. The smallest absolute Gasteiger partial charge is 0.323 e. The third-order valence-corrected chi connectivity index (χ3v) is 2.73. The molecule has 20 heavy (non-hydrogen) atoms. The highest BCUT2D eigenvalue weighted by atomic mass is 16.5. The molecule has 0 bridgehead atoms. The molecule has 2 aromatic carbocycles. The van der Waals surface area contributed by atoms with Gasteiger partial charge in [-0.15, -0.1) is 0 Å². The van der Waals surface area contributed by atoms with E-state index in [0.29, 0.717) is 17.1 Å². The number of amides is 2. The predicted octanol–water partition coefficient (Wildman–Crippen LogP) is 2.83. The molecule has 2 amide bonds. The molecular weight excluding hydrogens is 256 g/mol. The Hall–Kier alpha value is -2.53. The van der Waals surface area contributed by atoms with Gasteiger partial charge < -0.3 is 20.5 Å². The van der Waals surface area contributed by atoms with Crippen molar-refractivity contribution in [2.24, 2.45) is 0 Å². The van der Waals surface area contributed by atoms with Gasteiger partial charge in [-0.05, 0) is 29.8 Å². The van der Waals surface area contributed by atoms with E-state index in [1.165, 1.54) is 7.11 Å². The van der Waals surface area contributed by atoms with E-state index in [2.05, 4.69) is 10.6 Å². The van der Waals surface area contributed by atoms with Gasteiger partial charge in [-0.25, -0.2) is 4.79 Å². The quantitative estimate of drug-likeness (QED) is 0.801. The van der Waals surface area contributed by atoms with Crippen LogP contribution in [0.5, 0.6) is 5.75 Å². The first kappa shape index (κ1) is 13.9. The highest BCUT2D eigenvalue weighted by Crippen LogP contribution is 2.25. The number of hydrogen-bond donors (Lipinski definition) is 3. The van der Waals surface area contributed by atoms with Crippen LogP contribution in [-0.4, -0.2) is 18.2 Å². The third kappa shape index (κ3) is 3.49. The van der Waals surface area contributed by atoms with E-state index in [1.807, 2.05) is 18.2 Å². The van der Waals surface area contributed by atoms with Gasteiger partial charge in [-0.1, -0.05) is 24.3 Å². The van der Waals surface area contributed by atoms with Crippen LogP contribution in [0.2, 0.25) is 0 Å². The van der Waals surface area contributed by atoms with E-state index in [1.54, 1.807) is 30.3 Å². The zero-order valence-electron chi connectivity index (χ0n) is 11.1. The lowest BCUT2D eigenvalue weighted by molar-refractivity contribution is 0.262. The van der Waals surface area contributed by atoms with E-state index in [4.69, 9.17) is 9.84 Å². The molecule has 0 unspecified atom stereocenters. The van der Waals surface area contributed by atoms with Gasteiger partial charge in [0.2, 0.25) is 0 Å². The topological polar surface area (TPSA) is 70.6 Å². The highest BCUT2D eigenvalue weighted by Gasteiger charge is 2.08. The van der Waals surface area contributed by atoms with E-state index >= 15 is 0 Å². The fraction of sp³-hybridized carbons (Fsp3) is 0.133. The van der Waals surface area contributed by atoms with Crippen LogP contribution in [0.15, 0.2) is 48.5 Å². The number of carbonyl (C=O) groups is 1. The average Bonchev–Trinajstić information content (AvgIpc) is 2.48. The molecule has 0 saturated carbocycles. The van der Waals surface area contributed by atoms with Gasteiger partial charge in [0.1, 0.15) is 5.75 Å². The third-order valence-electron chi connectivity index (χ3n) is 2.73. The maximum Gasteiger partial charge on any atom is 0.323 e. The Morgan fingerprint density at radius 1 is 1.15 bits per heavy atom. The number of aliphatic hydroxyl groups is 1. The van der Waals surface area contributed by atoms with Gasteiger partial charge in [0.25, 0.3) is 0 Å². The largest absolute Gasteiger partial charge is 0.495 e. The molecule has 5 heteroatoms. The van der Waals surface area contributed by atoms with Gasteiger partial charge in [0, 0.05) is 5.69 Å². The summed E-state index contributed by atoms with van der Waals surface area (Å²) in [6, 6.07) is 13.9. The molecule has 0 fully saturated rings. The fourth-order valence-electron chi connectivity index (χ4n) is 1.74. The second-order valence-corrected chi connectivity index (χ2v) is 4.14. The number of anilines is 2. The molecule has 0 saturated heterocycles. The van der Waals surface area contributed by atoms with Gasteiger partial charge in [-0.2, -0.15) is 0 Å². The molecule has 2 rings (SSSR count). The second-order valence-electron chi connectivity index (χ2n) is 4.14. The molecule has 3 N–H and O–H groups in total. The van der Waals surface area contributed by atoms with Crippen LogP contribution in [-0.2, 0) is 6.61 Å². The van der Waals surface area contributed by atoms with Crippen molar-refractivity contribution in [1.29, 1.82) is 0 Å². The number of aliphatic hydroxyl groups excluding tert-OH is 1. The zero-order valence-corrected chi connectivity index (χ0v) is 11.1. The summed E-state index contributed by atoms with van der Waals surface area (Å²) < 4.78 is 5.19. The molecule has 0 aromatic heterocycles. The van der Waals surface area contributed by atoms with Crippen molar-refractivity contribution >= 4 is 17.4 Å². The van der Waals surface area contributed by atoms with E-state index in [-0.39, 0.29) is 12.6 Å². The van der Waals surface area contributed by atoms with Crippen LogP contribution < -0.4 is 15.4 Å². The van der Waals surface area contributed by atoms with Gasteiger partial charge >= 0.3 is 6.03 Å². The molecule has 0 aliphatic carbocycles. The Bertz CT molecular complexity index is 585. The van der Waals surface area contributed by atoms with Crippen LogP contribution in [0.25, 0.3) is 0 Å². The van der Waals surface area contributed by atoms with Crippen LogP contribution in [0, 0.1) is 0 Å². The minimum atomic E-state index is -0.355. The van der Waals surface area contributed by atoms with Crippen LogP contribution >= 0.6 is 0 Å². The van der Waals surface area contributed by atoms with Crippen LogP contribution in [0.4, 0.5) is 16.2 Å². The first-order valence-electron chi connectivity index (χ1n) is 6.13. The molecule has 104 valence electrons. The Morgan fingerprint density at radius 2 is 1.90 bits per heavy atom. The Kier molecular flexibility index (Phi) is 4.57. The van der Waals surface area contributed by atoms with Crippen molar-refractivity contribution < 1.29 is 14.6 Å². The molecule has 0 radical (unpaired) electrons. The molecule has 0 aliphatic heterocycles. The molecular formula is C15H16N2O3. The Labute approximate surface area is 117 Å². The number of nitrogens with one attached hydrogen (secondary N) is 2. The number of para-hydroxylation sites is 1. The number of rotatable bonds is 4. The van der Waals surface area contributed by atoms with Crippen molar-refractivity contribution in [3.05, 3.63) is 54.1 Å². The molecule has 2 aromatic rings. The number of benzene rings is 2. The maximum absolute atomic E-state index is 11.9. The van der Waals surface area contributed by atoms with Crippen LogP contribution in [0.1, 0.15) is 5.56 Å². The molecule has 0 aliphatic rings. The number of methoxy groups -OCH3 is 1. The van der Waals surface area contributed by atoms with E-state index in [0.717, 1.165) is 5.56 Å². The number of carbonyl (C=O) groups excluding carboxylic acids is 1. The summed E-state index contributed by atoms with van der Waals surface area (Å²) in [4.78, 5) is 11.9. The van der Waals surface area contributed by atoms with Crippen molar-refractivity contribution in [2.75, 3.05) is 17.7 Å². The Balaban J connectivity index is 2.07. The summed E-state index contributed by atoms with van der Waals surface area (Å²) in [5, 5.41) is 14.5. The second kappa shape index (κ2) is 6.58. The first-order valence-corrected chi connectivity index (χ1v) is 6.13. The minimum absolute atomic E-state index is 0.0765. The van der Waals surface area contributed by atoms with Gasteiger partial charge in [0.05, 0.1) is 19.4 Å². The Morgan fingerprint density at radius 3 is 2.55 bits per heavy atom. The lowest BCUT2D eigenvalue weighted by atomic mass is 10.2. The first-order chi connectivity index (χ1) is 9.72. The van der Waals surface area contributed by atoms with Crippen molar-refractivity contribution in [3.63, 3.8) is 0 Å². The SMILES string of the molecule is COc1cc(CO)ccc1NC(=O)Nc1ccccc1. The van der Waals surface area contributed by atoms with Gasteiger partial charge in [-0.3, -0.25) is 0 Å². The lowest BCUT2D eigenvalue weighted by Gasteiger charge is -2.12. The van der Waals surface area contributed by atoms with Crippen LogP contribution in [0.3, 0.4) is 0 Å².